The van der Waals surface area contributed by atoms with Gasteiger partial charge in [-0.05, 0) is 56.5 Å². The van der Waals surface area contributed by atoms with Gasteiger partial charge in [0.1, 0.15) is 6.10 Å². The third-order valence-electron chi connectivity index (χ3n) is 5.84. The largest absolute Gasteiger partial charge is 0.446 e. The number of aryl methyl sites for hydroxylation is 1. The van der Waals surface area contributed by atoms with Crippen molar-refractivity contribution in [1.29, 1.82) is 0 Å². The SMILES string of the molecule is C=CC.CC(c1ccc(-c2ccc3c(c2)ncn3C)cc1)N1CCC(CC(C)(C)O)OC1=O. The number of cyclic esters (lactones) is 1. The highest BCUT2D eigenvalue weighted by molar-refractivity contribution is 5.82. The summed E-state index contributed by atoms with van der Waals surface area (Å²) < 4.78 is 7.58. The molecule has 2 heterocycles. The first-order valence-electron chi connectivity index (χ1n) is 11.4. The zero-order chi connectivity index (χ0) is 24.2. The van der Waals surface area contributed by atoms with Gasteiger partial charge < -0.3 is 19.3 Å². The van der Waals surface area contributed by atoms with Gasteiger partial charge in [-0.1, -0.05) is 36.4 Å². The Labute approximate surface area is 196 Å². The normalized spacial score (nSPS) is 17.2. The second kappa shape index (κ2) is 10.2. The van der Waals surface area contributed by atoms with Gasteiger partial charge in [0.05, 0.1) is 29.0 Å². The van der Waals surface area contributed by atoms with Crippen LogP contribution in [0.5, 0.6) is 0 Å². The van der Waals surface area contributed by atoms with Crippen LogP contribution in [-0.4, -0.2) is 43.9 Å². The van der Waals surface area contributed by atoms with Gasteiger partial charge in [-0.15, -0.1) is 6.58 Å². The van der Waals surface area contributed by atoms with Gasteiger partial charge in [0.2, 0.25) is 0 Å². The molecule has 1 amide bonds. The number of imidazole rings is 1. The highest BCUT2D eigenvalue weighted by Gasteiger charge is 2.33. The third-order valence-corrected chi connectivity index (χ3v) is 5.84. The van der Waals surface area contributed by atoms with Crippen molar-refractivity contribution in [2.24, 2.45) is 7.05 Å². The first-order chi connectivity index (χ1) is 15.6. The number of hydrogen-bond donors (Lipinski definition) is 1. The first kappa shape index (κ1) is 24.5. The van der Waals surface area contributed by atoms with Crippen LogP contribution in [-0.2, 0) is 11.8 Å². The zero-order valence-corrected chi connectivity index (χ0v) is 20.3. The lowest BCUT2D eigenvalue weighted by Gasteiger charge is -2.37. The fourth-order valence-corrected chi connectivity index (χ4v) is 4.15. The molecule has 1 aliphatic heterocycles. The molecule has 3 aromatic rings. The number of nitrogens with zero attached hydrogens (tertiary/aromatic N) is 3. The second-order valence-corrected chi connectivity index (χ2v) is 9.27. The summed E-state index contributed by atoms with van der Waals surface area (Å²) in [7, 11) is 1.99. The molecular formula is C27H35N3O3. The van der Waals surface area contributed by atoms with E-state index >= 15 is 0 Å². The quantitative estimate of drug-likeness (QED) is 0.495. The van der Waals surface area contributed by atoms with Crippen molar-refractivity contribution >= 4 is 17.1 Å². The molecule has 2 aromatic carbocycles. The summed E-state index contributed by atoms with van der Waals surface area (Å²) in [4.78, 5) is 18.7. The van der Waals surface area contributed by atoms with Crippen LogP contribution in [0.3, 0.4) is 0 Å². The molecule has 6 heteroatoms. The van der Waals surface area contributed by atoms with Gasteiger partial charge in [0.15, 0.2) is 0 Å². The number of carbonyl (C=O) groups is 1. The lowest BCUT2D eigenvalue weighted by atomic mass is 9.97. The maximum absolute atomic E-state index is 12.5. The predicted molar refractivity (Wildman–Crippen MR) is 133 cm³/mol. The average Bonchev–Trinajstić information content (AvgIpc) is 3.13. The molecule has 0 saturated carbocycles. The standard InChI is InChI=1S/C24H29N3O3.C3H6/c1-16(27-12-11-20(30-23(27)28)14-24(2,3)29)17-5-7-18(8-6-17)19-9-10-22-21(13-19)25-15-26(22)4;1-3-2/h5-10,13,15-16,20,29H,11-12,14H2,1-4H3;3H,1H2,2H3. The van der Waals surface area contributed by atoms with Crippen molar-refractivity contribution in [3.8, 4) is 11.1 Å². The van der Waals surface area contributed by atoms with Gasteiger partial charge in [-0.3, -0.25) is 0 Å². The molecular weight excluding hydrogens is 414 g/mol. The monoisotopic (exact) mass is 449 g/mol. The zero-order valence-electron chi connectivity index (χ0n) is 20.3. The summed E-state index contributed by atoms with van der Waals surface area (Å²) in [6.07, 6.45) is 4.21. The number of rotatable bonds is 5. The van der Waals surface area contributed by atoms with E-state index in [1.807, 2.05) is 31.8 Å². The van der Waals surface area contributed by atoms with E-state index in [0.29, 0.717) is 13.0 Å². The van der Waals surface area contributed by atoms with E-state index in [2.05, 4.69) is 54.0 Å². The summed E-state index contributed by atoms with van der Waals surface area (Å²) in [6.45, 7) is 11.4. The Hall–Kier alpha value is -3.12. The molecule has 2 unspecified atom stereocenters. The molecule has 1 fully saturated rings. The molecule has 0 bridgehead atoms. The summed E-state index contributed by atoms with van der Waals surface area (Å²) in [6, 6.07) is 14.5. The molecule has 0 spiro atoms. The number of benzene rings is 2. The van der Waals surface area contributed by atoms with E-state index in [4.69, 9.17) is 4.74 Å². The Morgan fingerprint density at radius 3 is 2.48 bits per heavy atom. The minimum atomic E-state index is -0.840. The topological polar surface area (TPSA) is 67.6 Å². The number of fused-ring (bicyclic) bond motifs is 1. The molecule has 176 valence electrons. The summed E-state index contributed by atoms with van der Waals surface area (Å²) in [5.41, 5.74) is 4.54. The maximum Gasteiger partial charge on any atom is 0.410 e. The van der Waals surface area contributed by atoms with Gasteiger partial charge in [-0.25, -0.2) is 9.78 Å². The lowest BCUT2D eigenvalue weighted by molar-refractivity contribution is -0.0309. The number of ether oxygens (including phenoxy) is 1. The van der Waals surface area contributed by atoms with Crippen LogP contribution < -0.4 is 0 Å². The van der Waals surface area contributed by atoms with E-state index in [1.54, 1.807) is 24.8 Å². The fraction of sp³-hybridized carbons (Fsp3) is 0.407. The van der Waals surface area contributed by atoms with Gasteiger partial charge in [0, 0.05) is 26.4 Å². The van der Waals surface area contributed by atoms with Crippen LogP contribution in [0.2, 0.25) is 0 Å². The first-order valence-corrected chi connectivity index (χ1v) is 11.4. The van der Waals surface area contributed by atoms with Crippen molar-refractivity contribution in [3.05, 3.63) is 67.0 Å². The van der Waals surface area contributed by atoms with Crippen molar-refractivity contribution in [1.82, 2.24) is 14.5 Å². The number of aromatic nitrogens is 2. The minimum absolute atomic E-state index is 0.0760. The van der Waals surface area contributed by atoms with Crippen molar-refractivity contribution in [2.45, 2.75) is 58.3 Å². The predicted octanol–water partition coefficient (Wildman–Crippen LogP) is 5.87. The molecule has 0 radical (unpaired) electrons. The molecule has 1 aromatic heterocycles. The van der Waals surface area contributed by atoms with Crippen LogP contribution in [0.4, 0.5) is 4.79 Å². The lowest BCUT2D eigenvalue weighted by Crippen LogP contribution is -2.45. The third kappa shape index (κ3) is 6.02. The maximum atomic E-state index is 12.5. The van der Waals surface area contributed by atoms with Gasteiger partial charge >= 0.3 is 6.09 Å². The van der Waals surface area contributed by atoms with E-state index in [1.165, 1.54) is 0 Å². The second-order valence-electron chi connectivity index (χ2n) is 9.27. The average molecular weight is 450 g/mol. The van der Waals surface area contributed by atoms with Crippen LogP contribution in [0.15, 0.2) is 61.4 Å². The Bertz CT molecular complexity index is 1100. The Kier molecular flexibility index (Phi) is 7.59. The van der Waals surface area contributed by atoms with Crippen LogP contribution in [0.1, 0.15) is 52.1 Å². The molecule has 1 saturated heterocycles. The fourth-order valence-electron chi connectivity index (χ4n) is 4.15. The highest BCUT2D eigenvalue weighted by atomic mass is 16.6. The van der Waals surface area contributed by atoms with Gasteiger partial charge in [-0.2, -0.15) is 0 Å². The van der Waals surface area contributed by atoms with E-state index < -0.39 is 5.60 Å². The molecule has 33 heavy (non-hydrogen) atoms. The van der Waals surface area contributed by atoms with E-state index in [0.717, 1.165) is 34.1 Å². The molecule has 0 aliphatic carbocycles. The van der Waals surface area contributed by atoms with Crippen LogP contribution in [0, 0.1) is 0 Å². The number of aliphatic hydroxyl groups is 1. The summed E-state index contributed by atoms with van der Waals surface area (Å²) in [5.74, 6) is 0. The van der Waals surface area contributed by atoms with Crippen molar-refractivity contribution in [2.75, 3.05) is 6.54 Å². The summed E-state index contributed by atoms with van der Waals surface area (Å²) >= 11 is 0. The molecule has 4 rings (SSSR count). The van der Waals surface area contributed by atoms with E-state index in [9.17, 15) is 9.90 Å². The Balaban J connectivity index is 0.000000968. The van der Waals surface area contributed by atoms with E-state index in [-0.39, 0.29) is 18.2 Å². The minimum Gasteiger partial charge on any atom is -0.446 e. The van der Waals surface area contributed by atoms with Crippen LogP contribution >= 0.6 is 0 Å². The van der Waals surface area contributed by atoms with Gasteiger partial charge in [0.25, 0.3) is 0 Å². The number of amides is 1. The Morgan fingerprint density at radius 1 is 1.24 bits per heavy atom. The smallest absolute Gasteiger partial charge is 0.410 e. The molecule has 1 aliphatic rings. The van der Waals surface area contributed by atoms with Crippen molar-refractivity contribution < 1.29 is 14.6 Å². The molecule has 1 N–H and O–H groups in total. The Morgan fingerprint density at radius 2 is 1.88 bits per heavy atom. The number of hydrogen-bond acceptors (Lipinski definition) is 4. The summed E-state index contributed by atoms with van der Waals surface area (Å²) in [5, 5.41) is 9.98. The van der Waals surface area contributed by atoms with Crippen molar-refractivity contribution in [3.63, 3.8) is 0 Å². The molecule has 6 nitrogen and oxygen atoms in total. The van der Waals surface area contributed by atoms with Crippen LogP contribution in [0.25, 0.3) is 22.2 Å². The number of carbonyl (C=O) groups excluding carboxylic acids is 1. The number of allylic oxidation sites excluding steroid dienone is 1. The molecule has 2 atom stereocenters. The highest BCUT2D eigenvalue weighted by Crippen LogP contribution is 2.30.